The van der Waals surface area contributed by atoms with Crippen LogP contribution in [0.25, 0.3) is 0 Å². The molecule has 3 heteroatoms. The van der Waals surface area contributed by atoms with Crippen LogP contribution in [-0.4, -0.2) is 29.5 Å². The van der Waals surface area contributed by atoms with E-state index in [1.807, 2.05) is 0 Å². The zero-order chi connectivity index (χ0) is 16.8. The van der Waals surface area contributed by atoms with Gasteiger partial charge in [0.2, 0.25) is 0 Å². The summed E-state index contributed by atoms with van der Waals surface area (Å²) in [6.07, 6.45) is 7.19. The molecule has 0 radical (unpaired) electrons. The summed E-state index contributed by atoms with van der Waals surface area (Å²) < 4.78 is 0. The number of hydrogen-bond donors (Lipinski definition) is 3. The van der Waals surface area contributed by atoms with Crippen molar-refractivity contribution in [1.29, 1.82) is 0 Å². The first-order chi connectivity index (χ1) is 10.9. The first-order valence-corrected chi connectivity index (χ1v) is 9.54. The summed E-state index contributed by atoms with van der Waals surface area (Å²) in [7, 11) is 0. The van der Waals surface area contributed by atoms with Crippen molar-refractivity contribution in [3.8, 4) is 0 Å². The van der Waals surface area contributed by atoms with Crippen molar-refractivity contribution in [2.45, 2.75) is 64.9 Å². The van der Waals surface area contributed by atoms with Gasteiger partial charge in [0, 0.05) is 6.61 Å². The molecule has 23 heavy (non-hydrogen) atoms. The molecule has 4 N–H and O–H groups in total. The average molecular weight is 322 g/mol. The summed E-state index contributed by atoms with van der Waals surface area (Å²) in [5, 5.41) is 20.0. The van der Waals surface area contributed by atoms with Crippen LogP contribution in [-0.2, 0) is 0 Å². The maximum atomic E-state index is 10.0. The van der Waals surface area contributed by atoms with Crippen molar-refractivity contribution < 1.29 is 10.2 Å². The molecule has 0 aromatic heterocycles. The minimum Gasteiger partial charge on any atom is -0.396 e. The molecule has 3 nitrogen and oxygen atoms in total. The fourth-order valence-corrected chi connectivity index (χ4v) is 6.51. The molecule has 0 aromatic rings. The lowest BCUT2D eigenvalue weighted by Gasteiger charge is -2.56. The van der Waals surface area contributed by atoms with E-state index in [1.54, 1.807) is 0 Å². The molecule has 0 aromatic carbocycles. The number of aliphatic hydroxyl groups is 2. The molecule has 0 heterocycles. The van der Waals surface area contributed by atoms with E-state index in [0.717, 1.165) is 32.2 Å². The van der Waals surface area contributed by atoms with E-state index in [4.69, 9.17) is 5.73 Å². The second kappa shape index (κ2) is 6.16. The minimum atomic E-state index is -0.239. The molecule has 6 unspecified atom stereocenters. The zero-order valence-electron chi connectivity index (χ0n) is 14.9. The van der Waals surface area contributed by atoms with Crippen LogP contribution >= 0.6 is 0 Å². The van der Waals surface area contributed by atoms with Crippen LogP contribution in [0.5, 0.6) is 0 Å². The van der Waals surface area contributed by atoms with Crippen molar-refractivity contribution in [3.05, 3.63) is 12.2 Å². The highest BCUT2D eigenvalue weighted by atomic mass is 16.3. The Morgan fingerprint density at radius 2 is 1.91 bits per heavy atom. The van der Waals surface area contributed by atoms with Crippen LogP contribution in [0.15, 0.2) is 12.2 Å². The summed E-state index contributed by atoms with van der Waals surface area (Å²) >= 11 is 0. The predicted octanol–water partition coefficient (Wildman–Crippen LogP) is 3.10. The van der Waals surface area contributed by atoms with Gasteiger partial charge in [-0.1, -0.05) is 26.0 Å². The van der Waals surface area contributed by atoms with E-state index >= 15 is 0 Å². The van der Waals surface area contributed by atoms with Crippen LogP contribution in [0.2, 0.25) is 0 Å². The largest absolute Gasteiger partial charge is 0.396 e. The van der Waals surface area contributed by atoms with Gasteiger partial charge in [0.05, 0.1) is 6.10 Å². The van der Waals surface area contributed by atoms with Crippen molar-refractivity contribution >= 4 is 0 Å². The third kappa shape index (κ3) is 2.60. The highest BCUT2D eigenvalue weighted by molar-refractivity contribution is 5.20. The number of fused-ring (bicyclic) bond motifs is 1. The summed E-state index contributed by atoms with van der Waals surface area (Å²) in [5.74, 6) is 1.96. The molecule has 3 aliphatic rings. The Bertz CT molecular complexity index is 465. The fraction of sp³-hybridized carbons (Fsp3) is 0.900. The van der Waals surface area contributed by atoms with Crippen LogP contribution < -0.4 is 5.73 Å². The second-order valence-electron chi connectivity index (χ2n) is 9.02. The first kappa shape index (κ1) is 17.4. The molecule has 0 aliphatic heterocycles. The van der Waals surface area contributed by atoms with Gasteiger partial charge in [0.15, 0.2) is 0 Å². The zero-order valence-corrected chi connectivity index (χ0v) is 14.9. The van der Waals surface area contributed by atoms with Gasteiger partial charge in [-0.25, -0.2) is 0 Å². The summed E-state index contributed by atoms with van der Waals surface area (Å²) in [5.41, 5.74) is 8.12. The summed E-state index contributed by atoms with van der Waals surface area (Å²) in [4.78, 5) is 0. The van der Waals surface area contributed by atoms with Gasteiger partial charge in [-0.3, -0.25) is 0 Å². The monoisotopic (exact) mass is 321 g/mol. The molecule has 0 amide bonds. The van der Waals surface area contributed by atoms with Crippen LogP contribution in [0.4, 0.5) is 0 Å². The molecule has 3 saturated carbocycles. The molecule has 3 fully saturated rings. The SMILES string of the molecule is C=C1CCC2[C@H](CN)C(C3(C)CCC(O)CC3CO)CCC12C. The molecule has 0 bridgehead atoms. The summed E-state index contributed by atoms with van der Waals surface area (Å²) in [6, 6.07) is 0. The predicted molar refractivity (Wildman–Crippen MR) is 93.8 cm³/mol. The Balaban J connectivity index is 1.89. The van der Waals surface area contributed by atoms with Gasteiger partial charge in [0.1, 0.15) is 0 Å². The lowest BCUT2D eigenvalue weighted by Crippen LogP contribution is -2.52. The summed E-state index contributed by atoms with van der Waals surface area (Å²) in [6.45, 7) is 10.1. The van der Waals surface area contributed by atoms with Gasteiger partial charge in [0.25, 0.3) is 0 Å². The Kier molecular flexibility index (Phi) is 4.67. The first-order valence-electron chi connectivity index (χ1n) is 9.54. The minimum absolute atomic E-state index is 0.114. The quantitative estimate of drug-likeness (QED) is 0.700. The molecule has 7 atom stereocenters. The molecule has 3 aliphatic carbocycles. The molecule has 0 saturated heterocycles. The van der Waals surface area contributed by atoms with Crippen LogP contribution in [0.1, 0.15) is 58.8 Å². The Morgan fingerprint density at radius 3 is 2.57 bits per heavy atom. The number of aliphatic hydroxyl groups excluding tert-OH is 2. The van der Waals surface area contributed by atoms with E-state index in [2.05, 4.69) is 20.4 Å². The molecular formula is C20H35NO2. The second-order valence-corrected chi connectivity index (χ2v) is 9.02. The smallest absolute Gasteiger partial charge is 0.0544 e. The molecule has 0 spiro atoms. The number of rotatable bonds is 3. The highest BCUT2D eigenvalue weighted by Gasteiger charge is 2.56. The Labute approximate surface area is 141 Å². The van der Waals surface area contributed by atoms with Gasteiger partial charge in [-0.05, 0) is 86.0 Å². The molecule has 3 rings (SSSR count). The number of hydrogen-bond acceptors (Lipinski definition) is 3. The van der Waals surface area contributed by atoms with Gasteiger partial charge < -0.3 is 15.9 Å². The Hall–Kier alpha value is -0.380. The number of nitrogens with two attached hydrogens (primary N) is 1. The van der Waals surface area contributed by atoms with E-state index in [9.17, 15) is 10.2 Å². The Morgan fingerprint density at radius 1 is 1.17 bits per heavy atom. The maximum absolute atomic E-state index is 10.0. The number of allylic oxidation sites excluding steroid dienone is 1. The van der Waals surface area contributed by atoms with E-state index < -0.39 is 0 Å². The van der Waals surface area contributed by atoms with Crippen molar-refractivity contribution in [2.75, 3.05) is 13.2 Å². The van der Waals surface area contributed by atoms with Crippen LogP contribution in [0.3, 0.4) is 0 Å². The molecule has 132 valence electrons. The van der Waals surface area contributed by atoms with Gasteiger partial charge in [-0.15, -0.1) is 0 Å². The highest BCUT2D eigenvalue weighted by Crippen LogP contribution is 2.63. The normalized spacial score (nSPS) is 50.8. The van der Waals surface area contributed by atoms with E-state index in [0.29, 0.717) is 17.8 Å². The van der Waals surface area contributed by atoms with Crippen molar-refractivity contribution in [3.63, 3.8) is 0 Å². The lowest BCUT2D eigenvalue weighted by atomic mass is 9.49. The van der Waals surface area contributed by atoms with Gasteiger partial charge in [-0.2, -0.15) is 0 Å². The third-order valence-corrected chi connectivity index (χ3v) is 8.24. The van der Waals surface area contributed by atoms with Gasteiger partial charge >= 0.3 is 0 Å². The van der Waals surface area contributed by atoms with Crippen molar-refractivity contribution in [1.82, 2.24) is 0 Å². The van der Waals surface area contributed by atoms with E-state index in [1.165, 1.54) is 24.8 Å². The fourth-order valence-electron chi connectivity index (χ4n) is 6.51. The third-order valence-electron chi connectivity index (χ3n) is 8.24. The average Bonchev–Trinajstić information content (AvgIpc) is 2.84. The van der Waals surface area contributed by atoms with Crippen LogP contribution in [0, 0.1) is 34.5 Å². The topological polar surface area (TPSA) is 66.5 Å². The van der Waals surface area contributed by atoms with E-state index in [-0.39, 0.29) is 29.5 Å². The maximum Gasteiger partial charge on any atom is 0.0544 e. The standard InChI is InChI=1S/C20H35NO2/c1-13-4-5-17-16(11-21)18(7-9-19(13,17)2)20(3)8-6-15(23)10-14(20)12-22/h14-18,22-23H,1,4-12,21H2,2-3H3/t14?,15?,16-,17?,18?,19?,20?/m0/s1. The molecular weight excluding hydrogens is 286 g/mol. The van der Waals surface area contributed by atoms with Crippen molar-refractivity contribution in [2.24, 2.45) is 40.2 Å². The lowest BCUT2D eigenvalue weighted by molar-refractivity contribution is -0.0916.